The topological polar surface area (TPSA) is 58.1 Å². The van der Waals surface area contributed by atoms with E-state index in [9.17, 15) is 4.79 Å². The molecule has 1 N–H and O–H groups in total. The number of thiophene rings is 1. The first-order valence-electron chi connectivity index (χ1n) is 7.62. The second kappa shape index (κ2) is 7.35. The Labute approximate surface area is 134 Å². The summed E-state index contributed by atoms with van der Waals surface area (Å²) in [6.45, 7) is 2.37. The normalized spacial score (nSPS) is 18.2. The van der Waals surface area contributed by atoms with Gasteiger partial charge in [0.15, 0.2) is 0 Å². The first kappa shape index (κ1) is 15.0. The second-order valence-corrected chi connectivity index (χ2v) is 6.30. The zero-order chi connectivity index (χ0) is 15.2. The first-order chi connectivity index (χ1) is 10.8. The van der Waals surface area contributed by atoms with Crippen molar-refractivity contribution in [3.8, 4) is 0 Å². The molecule has 0 aromatic carbocycles. The Balaban J connectivity index is 1.49. The minimum atomic E-state index is 0.0400. The van der Waals surface area contributed by atoms with E-state index < -0.39 is 0 Å². The van der Waals surface area contributed by atoms with E-state index in [1.807, 2.05) is 0 Å². The molecule has 1 atom stereocenters. The van der Waals surface area contributed by atoms with Crippen molar-refractivity contribution in [1.29, 1.82) is 0 Å². The lowest BCUT2D eigenvalue weighted by atomic mass is 9.97. The van der Waals surface area contributed by atoms with Crippen LogP contribution in [-0.4, -0.2) is 35.5 Å². The molecule has 3 rings (SSSR count). The quantitative estimate of drug-likeness (QED) is 0.918. The number of nitrogens with zero attached hydrogens (tertiary/aromatic N) is 3. The summed E-state index contributed by atoms with van der Waals surface area (Å²) in [6.07, 6.45) is 7.98. The van der Waals surface area contributed by atoms with Gasteiger partial charge in [0, 0.05) is 32.0 Å². The van der Waals surface area contributed by atoms with Crippen LogP contribution in [-0.2, 0) is 11.2 Å². The molecule has 1 aliphatic heterocycles. The summed E-state index contributed by atoms with van der Waals surface area (Å²) in [7, 11) is 0. The largest absolute Gasteiger partial charge is 0.355 e. The third-order valence-electron chi connectivity index (χ3n) is 3.96. The average molecular weight is 316 g/mol. The fraction of sp³-hybridized carbons (Fsp3) is 0.438. The van der Waals surface area contributed by atoms with E-state index in [-0.39, 0.29) is 11.8 Å². The van der Waals surface area contributed by atoms with Gasteiger partial charge >= 0.3 is 0 Å². The highest BCUT2D eigenvalue weighted by Gasteiger charge is 2.26. The van der Waals surface area contributed by atoms with E-state index >= 15 is 0 Å². The molecular weight excluding hydrogens is 296 g/mol. The van der Waals surface area contributed by atoms with Crippen molar-refractivity contribution in [2.75, 3.05) is 24.5 Å². The molecule has 6 heteroatoms. The van der Waals surface area contributed by atoms with E-state index in [0.29, 0.717) is 6.54 Å². The minimum absolute atomic E-state index is 0.0400. The maximum atomic E-state index is 12.3. The number of piperidine rings is 1. The van der Waals surface area contributed by atoms with Gasteiger partial charge in [0.25, 0.3) is 0 Å². The van der Waals surface area contributed by atoms with Crippen LogP contribution in [0.5, 0.6) is 0 Å². The van der Waals surface area contributed by atoms with Crippen LogP contribution < -0.4 is 10.2 Å². The molecule has 0 bridgehead atoms. The summed E-state index contributed by atoms with van der Waals surface area (Å²) in [4.78, 5) is 22.9. The highest BCUT2D eigenvalue weighted by atomic mass is 32.1. The SMILES string of the molecule is O=C(NCCc1ccsc1)[C@H]1CCCN(c2cnccn2)C1. The summed E-state index contributed by atoms with van der Waals surface area (Å²) >= 11 is 1.69. The van der Waals surface area contributed by atoms with E-state index in [2.05, 4.69) is 37.0 Å². The fourth-order valence-corrected chi connectivity index (χ4v) is 3.47. The highest BCUT2D eigenvalue weighted by Crippen LogP contribution is 2.20. The Morgan fingerprint density at radius 1 is 1.45 bits per heavy atom. The standard InChI is InChI=1S/C16H20N4OS/c21-16(19-5-3-13-4-9-22-12-13)14-2-1-8-20(11-14)15-10-17-6-7-18-15/h4,6-7,9-10,12,14H,1-3,5,8,11H2,(H,19,21)/t14-/m0/s1. The molecular formula is C16H20N4OS. The van der Waals surface area contributed by atoms with Crippen LogP contribution in [0.15, 0.2) is 35.4 Å². The van der Waals surface area contributed by atoms with Crippen LogP contribution in [0.2, 0.25) is 0 Å². The number of rotatable bonds is 5. The minimum Gasteiger partial charge on any atom is -0.355 e. The first-order valence-corrected chi connectivity index (χ1v) is 8.57. The lowest BCUT2D eigenvalue weighted by Gasteiger charge is -2.32. The number of aromatic nitrogens is 2. The lowest BCUT2D eigenvalue weighted by Crippen LogP contribution is -2.43. The van der Waals surface area contributed by atoms with Crippen LogP contribution in [0.4, 0.5) is 5.82 Å². The fourth-order valence-electron chi connectivity index (χ4n) is 2.76. The number of carbonyl (C=O) groups excluding carboxylic acids is 1. The van der Waals surface area contributed by atoms with Crippen molar-refractivity contribution in [3.63, 3.8) is 0 Å². The Kier molecular flexibility index (Phi) is 5.00. The van der Waals surface area contributed by atoms with Crippen LogP contribution in [0, 0.1) is 5.92 Å². The summed E-state index contributed by atoms with van der Waals surface area (Å²) < 4.78 is 0. The van der Waals surface area contributed by atoms with Crippen molar-refractivity contribution >= 4 is 23.1 Å². The zero-order valence-corrected chi connectivity index (χ0v) is 13.3. The molecule has 1 saturated heterocycles. The molecule has 1 fully saturated rings. The number of nitrogens with one attached hydrogen (secondary N) is 1. The number of amides is 1. The van der Waals surface area contributed by atoms with Crippen LogP contribution in [0.1, 0.15) is 18.4 Å². The van der Waals surface area contributed by atoms with Gasteiger partial charge in [-0.25, -0.2) is 4.98 Å². The summed E-state index contributed by atoms with van der Waals surface area (Å²) in [6, 6.07) is 2.10. The number of carbonyl (C=O) groups is 1. The number of hydrogen-bond donors (Lipinski definition) is 1. The average Bonchev–Trinajstić information content (AvgIpc) is 3.09. The van der Waals surface area contributed by atoms with E-state index in [1.165, 1.54) is 5.56 Å². The van der Waals surface area contributed by atoms with Gasteiger partial charge in [-0.05, 0) is 41.7 Å². The van der Waals surface area contributed by atoms with Crippen LogP contribution in [0.25, 0.3) is 0 Å². The third kappa shape index (κ3) is 3.82. The third-order valence-corrected chi connectivity index (χ3v) is 4.69. The van der Waals surface area contributed by atoms with Gasteiger partial charge in [-0.1, -0.05) is 0 Å². The molecule has 0 spiro atoms. The van der Waals surface area contributed by atoms with Gasteiger partial charge in [-0.15, -0.1) is 0 Å². The predicted molar refractivity (Wildman–Crippen MR) is 88.0 cm³/mol. The smallest absolute Gasteiger partial charge is 0.224 e. The molecule has 2 aromatic heterocycles. The molecule has 0 aliphatic carbocycles. The Bertz CT molecular complexity index is 587. The maximum Gasteiger partial charge on any atom is 0.224 e. The van der Waals surface area contributed by atoms with Gasteiger partial charge in [-0.2, -0.15) is 11.3 Å². The van der Waals surface area contributed by atoms with Gasteiger partial charge in [0.05, 0.1) is 12.1 Å². The Morgan fingerprint density at radius 2 is 2.41 bits per heavy atom. The molecule has 0 unspecified atom stereocenters. The van der Waals surface area contributed by atoms with Crippen molar-refractivity contribution in [2.24, 2.45) is 5.92 Å². The zero-order valence-electron chi connectivity index (χ0n) is 12.4. The summed E-state index contributed by atoms with van der Waals surface area (Å²) in [5.41, 5.74) is 1.29. The predicted octanol–water partition coefficient (Wildman–Crippen LogP) is 2.11. The van der Waals surface area contributed by atoms with E-state index in [0.717, 1.165) is 38.2 Å². The Morgan fingerprint density at radius 3 is 3.18 bits per heavy atom. The maximum absolute atomic E-state index is 12.3. The Hall–Kier alpha value is -1.95. The molecule has 0 saturated carbocycles. The van der Waals surface area contributed by atoms with Crippen LogP contribution >= 0.6 is 11.3 Å². The van der Waals surface area contributed by atoms with Crippen LogP contribution in [0.3, 0.4) is 0 Å². The highest BCUT2D eigenvalue weighted by molar-refractivity contribution is 7.07. The van der Waals surface area contributed by atoms with Gasteiger partial charge < -0.3 is 10.2 Å². The molecule has 116 valence electrons. The van der Waals surface area contributed by atoms with Crippen molar-refractivity contribution in [2.45, 2.75) is 19.3 Å². The van der Waals surface area contributed by atoms with E-state index in [1.54, 1.807) is 29.9 Å². The number of anilines is 1. The lowest BCUT2D eigenvalue weighted by molar-refractivity contribution is -0.125. The summed E-state index contributed by atoms with van der Waals surface area (Å²) in [5.74, 6) is 1.06. The van der Waals surface area contributed by atoms with E-state index in [4.69, 9.17) is 0 Å². The molecule has 1 aliphatic rings. The van der Waals surface area contributed by atoms with Gasteiger partial charge in [0.2, 0.25) is 5.91 Å². The van der Waals surface area contributed by atoms with Crippen molar-refractivity contribution in [1.82, 2.24) is 15.3 Å². The molecule has 0 radical (unpaired) electrons. The van der Waals surface area contributed by atoms with Crippen molar-refractivity contribution < 1.29 is 4.79 Å². The second-order valence-electron chi connectivity index (χ2n) is 5.52. The monoisotopic (exact) mass is 316 g/mol. The van der Waals surface area contributed by atoms with Gasteiger partial charge in [-0.3, -0.25) is 9.78 Å². The summed E-state index contributed by atoms with van der Waals surface area (Å²) in [5, 5.41) is 7.26. The van der Waals surface area contributed by atoms with Crippen molar-refractivity contribution in [3.05, 3.63) is 41.0 Å². The molecule has 2 aromatic rings. The molecule has 22 heavy (non-hydrogen) atoms. The van der Waals surface area contributed by atoms with Gasteiger partial charge in [0.1, 0.15) is 5.82 Å². The number of hydrogen-bond acceptors (Lipinski definition) is 5. The molecule has 5 nitrogen and oxygen atoms in total. The molecule has 3 heterocycles. The molecule has 1 amide bonds.